The summed E-state index contributed by atoms with van der Waals surface area (Å²) in [5, 5.41) is 5.14. The fraction of sp³-hybridized carbons (Fsp3) is 0.333. The molecule has 2 aromatic heterocycles. The van der Waals surface area contributed by atoms with Gasteiger partial charge in [0.2, 0.25) is 0 Å². The molecule has 0 aliphatic heterocycles. The zero-order valence-corrected chi connectivity index (χ0v) is 12.2. The average Bonchev–Trinajstić information content (AvgIpc) is 3.15. The summed E-state index contributed by atoms with van der Waals surface area (Å²) in [6, 6.07) is 11.3. The number of aryl methyl sites for hydroxylation is 1. The number of aromatic nitrogens is 2. The van der Waals surface area contributed by atoms with Gasteiger partial charge in [0.05, 0.1) is 0 Å². The maximum absolute atomic E-state index is 3.73. The van der Waals surface area contributed by atoms with Crippen LogP contribution in [0.5, 0.6) is 0 Å². The van der Waals surface area contributed by atoms with Crippen LogP contribution in [0.15, 0.2) is 42.7 Å². The standard InChI is InChI=1S/C18H21N3/c1-2-6-16-14(4-1)15-5-3-7-17(18(15)21-16)20-11-9-13-8-10-19-12-13/h1-2,4,6,8,10,12,17,19-21H,3,5,7,9,11H2. The molecule has 2 heterocycles. The molecule has 1 atom stereocenters. The summed E-state index contributed by atoms with van der Waals surface area (Å²) in [6.07, 6.45) is 8.86. The Morgan fingerprint density at radius 2 is 2.14 bits per heavy atom. The summed E-state index contributed by atoms with van der Waals surface area (Å²) in [7, 11) is 0. The van der Waals surface area contributed by atoms with Gasteiger partial charge in [0, 0.05) is 35.0 Å². The Morgan fingerprint density at radius 3 is 3.05 bits per heavy atom. The van der Waals surface area contributed by atoms with Crippen LogP contribution in [-0.4, -0.2) is 16.5 Å². The molecule has 0 bridgehead atoms. The van der Waals surface area contributed by atoms with E-state index in [1.807, 2.05) is 6.20 Å². The van der Waals surface area contributed by atoms with Crippen molar-refractivity contribution in [1.29, 1.82) is 0 Å². The van der Waals surface area contributed by atoms with Crippen LogP contribution in [0.3, 0.4) is 0 Å². The molecule has 3 nitrogen and oxygen atoms in total. The molecule has 0 amide bonds. The third-order valence-electron chi connectivity index (χ3n) is 4.58. The van der Waals surface area contributed by atoms with Crippen LogP contribution in [-0.2, 0) is 12.8 Å². The molecule has 3 aromatic rings. The molecule has 0 fully saturated rings. The lowest BCUT2D eigenvalue weighted by atomic mass is 9.91. The third-order valence-corrected chi connectivity index (χ3v) is 4.58. The minimum atomic E-state index is 0.472. The Balaban J connectivity index is 1.53. The van der Waals surface area contributed by atoms with Gasteiger partial charge < -0.3 is 15.3 Å². The van der Waals surface area contributed by atoms with E-state index in [0.29, 0.717) is 6.04 Å². The zero-order valence-electron chi connectivity index (χ0n) is 12.2. The highest BCUT2D eigenvalue weighted by molar-refractivity contribution is 5.85. The number of rotatable bonds is 4. The van der Waals surface area contributed by atoms with Gasteiger partial charge in [-0.1, -0.05) is 18.2 Å². The predicted molar refractivity (Wildman–Crippen MR) is 86.5 cm³/mol. The summed E-state index contributed by atoms with van der Waals surface area (Å²) in [5.41, 5.74) is 5.59. The van der Waals surface area contributed by atoms with E-state index in [2.05, 4.69) is 51.8 Å². The highest BCUT2D eigenvalue weighted by atomic mass is 14.9. The van der Waals surface area contributed by atoms with Crippen molar-refractivity contribution in [2.75, 3.05) is 6.54 Å². The quantitative estimate of drug-likeness (QED) is 0.670. The topological polar surface area (TPSA) is 43.6 Å². The van der Waals surface area contributed by atoms with Crippen molar-refractivity contribution < 1.29 is 0 Å². The Hall–Kier alpha value is -2.00. The van der Waals surface area contributed by atoms with Gasteiger partial charge in [0.15, 0.2) is 0 Å². The number of hydrogen-bond acceptors (Lipinski definition) is 1. The first-order valence-corrected chi connectivity index (χ1v) is 7.86. The second kappa shape index (κ2) is 5.41. The average molecular weight is 279 g/mol. The zero-order chi connectivity index (χ0) is 14.1. The van der Waals surface area contributed by atoms with Crippen molar-refractivity contribution >= 4 is 10.9 Å². The van der Waals surface area contributed by atoms with E-state index in [1.165, 1.54) is 47.0 Å². The Morgan fingerprint density at radius 1 is 1.19 bits per heavy atom. The van der Waals surface area contributed by atoms with Gasteiger partial charge in [-0.15, -0.1) is 0 Å². The number of benzene rings is 1. The molecule has 0 radical (unpaired) electrons. The van der Waals surface area contributed by atoms with Crippen molar-refractivity contribution in [1.82, 2.24) is 15.3 Å². The lowest BCUT2D eigenvalue weighted by Crippen LogP contribution is -2.27. The van der Waals surface area contributed by atoms with Crippen molar-refractivity contribution in [2.24, 2.45) is 0 Å². The molecular formula is C18H21N3. The van der Waals surface area contributed by atoms with Crippen LogP contribution in [0.25, 0.3) is 10.9 Å². The molecule has 1 aliphatic carbocycles. The van der Waals surface area contributed by atoms with Crippen LogP contribution in [0.4, 0.5) is 0 Å². The van der Waals surface area contributed by atoms with Gasteiger partial charge in [-0.25, -0.2) is 0 Å². The SMILES string of the molecule is c1ccc2c3c([nH]c2c1)C(NCCc1cc[nH]c1)CCC3. The largest absolute Gasteiger partial charge is 0.367 e. The molecule has 1 aromatic carbocycles. The van der Waals surface area contributed by atoms with E-state index < -0.39 is 0 Å². The summed E-state index contributed by atoms with van der Waals surface area (Å²) >= 11 is 0. The van der Waals surface area contributed by atoms with Crippen LogP contribution >= 0.6 is 0 Å². The second-order valence-corrected chi connectivity index (χ2v) is 5.93. The normalized spacial score (nSPS) is 18.0. The summed E-state index contributed by atoms with van der Waals surface area (Å²) in [5.74, 6) is 0. The van der Waals surface area contributed by atoms with Crippen LogP contribution < -0.4 is 5.32 Å². The smallest absolute Gasteiger partial charge is 0.0476 e. The second-order valence-electron chi connectivity index (χ2n) is 5.93. The molecule has 0 saturated carbocycles. The van der Waals surface area contributed by atoms with E-state index in [4.69, 9.17) is 0 Å². The lowest BCUT2D eigenvalue weighted by Gasteiger charge is -2.24. The summed E-state index contributed by atoms with van der Waals surface area (Å²) in [4.78, 5) is 6.76. The molecule has 0 saturated heterocycles. The molecule has 0 spiro atoms. The van der Waals surface area contributed by atoms with Crippen LogP contribution in [0.1, 0.15) is 35.7 Å². The van der Waals surface area contributed by atoms with E-state index in [9.17, 15) is 0 Å². The van der Waals surface area contributed by atoms with E-state index in [1.54, 1.807) is 0 Å². The lowest BCUT2D eigenvalue weighted by molar-refractivity contribution is 0.456. The number of nitrogens with one attached hydrogen (secondary N) is 3. The van der Waals surface area contributed by atoms with Crippen molar-refractivity contribution in [3.63, 3.8) is 0 Å². The molecule has 108 valence electrons. The van der Waals surface area contributed by atoms with Gasteiger partial charge in [-0.05, 0) is 55.5 Å². The fourth-order valence-corrected chi connectivity index (χ4v) is 3.52. The maximum atomic E-state index is 3.73. The minimum absolute atomic E-state index is 0.472. The number of fused-ring (bicyclic) bond motifs is 3. The van der Waals surface area contributed by atoms with E-state index >= 15 is 0 Å². The van der Waals surface area contributed by atoms with E-state index in [0.717, 1.165) is 13.0 Å². The molecule has 1 aliphatic rings. The highest BCUT2D eigenvalue weighted by Gasteiger charge is 2.23. The predicted octanol–water partition coefficient (Wildman–Crippen LogP) is 3.71. The van der Waals surface area contributed by atoms with Crippen molar-refractivity contribution in [3.8, 4) is 0 Å². The molecule has 21 heavy (non-hydrogen) atoms. The molecule has 3 N–H and O–H groups in total. The summed E-state index contributed by atoms with van der Waals surface area (Å²) in [6.45, 7) is 1.03. The monoisotopic (exact) mass is 279 g/mol. The number of aromatic amines is 2. The third kappa shape index (κ3) is 2.38. The van der Waals surface area contributed by atoms with Crippen molar-refractivity contribution in [2.45, 2.75) is 31.7 Å². The number of hydrogen-bond donors (Lipinski definition) is 3. The fourth-order valence-electron chi connectivity index (χ4n) is 3.52. The Labute approximate surface area is 124 Å². The Kier molecular flexibility index (Phi) is 3.28. The Bertz CT molecular complexity index is 724. The van der Waals surface area contributed by atoms with Gasteiger partial charge in [-0.2, -0.15) is 0 Å². The molecule has 3 heteroatoms. The first-order valence-electron chi connectivity index (χ1n) is 7.86. The van der Waals surface area contributed by atoms with Crippen LogP contribution in [0.2, 0.25) is 0 Å². The van der Waals surface area contributed by atoms with Crippen molar-refractivity contribution in [3.05, 3.63) is 59.5 Å². The first kappa shape index (κ1) is 12.7. The van der Waals surface area contributed by atoms with Crippen LogP contribution in [0, 0.1) is 0 Å². The van der Waals surface area contributed by atoms with Gasteiger partial charge in [0.1, 0.15) is 0 Å². The van der Waals surface area contributed by atoms with Gasteiger partial charge >= 0.3 is 0 Å². The molecular weight excluding hydrogens is 258 g/mol. The van der Waals surface area contributed by atoms with E-state index in [-0.39, 0.29) is 0 Å². The van der Waals surface area contributed by atoms with Gasteiger partial charge in [0.25, 0.3) is 0 Å². The molecule has 4 rings (SSSR count). The first-order chi connectivity index (χ1) is 10.4. The maximum Gasteiger partial charge on any atom is 0.0476 e. The number of H-pyrrole nitrogens is 2. The minimum Gasteiger partial charge on any atom is -0.367 e. The number of para-hydroxylation sites is 1. The summed E-state index contributed by atoms with van der Waals surface area (Å²) < 4.78 is 0. The molecule has 1 unspecified atom stereocenters. The highest BCUT2D eigenvalue weighted by Crippen LogP contribution is 2.34. The van der Waals surface area contributed by atoms with Gasteiger partial charge in [-0.3, -0.25) is 0 Å².